The van der Waals surface area contributed by atoms with Crippen LogP contribution in [0, 0.1) is 6.92 Å². The van der Waals surface area contributed by atoms with Gasteiger partial charge in [0.1, 0.15) is 0 Å². The summed E-state index contributed by atoms with van der Waals surface area (Å²) in [5.74, 6) is 0. The van der Waals surface area contributed by atoms with Crippen molar-refractivity contribution >= 4 is 11.3 Å². The van der Waals surface area contributed by atoms with Crippen LogP contribution in [0.1, 0.15) is 17.8 Å². The van der Waals surface area contributed by atoms with Crippen LogP contribution in [0.25, 0.3) is 5.57 Å². The molecule has 0 unspecified atom stereocenters. The fraction of sp³-hybridized carbons (Fsp3) is 0.364. The molecule has 0 fully saturated rings. The molecule has 0 atom stereocenters. The summed E-state index contributed by atoms with van der Waals surface area (Å²) in [6, 6.07) is 3.91. The van der Waals surface area contributed by atoms with E-state index < -0.39 is 0 Å². The van der Waals surface area contributed by atoms with Crippen molar-refractivity contribution in [2.75, 3.05) is 18.8 Å². The first-order valence-corrected chi connectivity index (χ1v) is 4.90. The first-order chi connectivity index (χ1) is 6.77. The summed E-state index contributed by atoms with van der Waals surface area (Å²) in [6.45, 7) is 3.92. The summed E-state index contributed by atoms with van der Waals surface area (Å²) in [5, 5.41) is 3.33. The molecule has 0 aromatic carbocycles. The third kappa shape index (κ3) is 1.77. The third-order valence-electron chi connectivity index (χ3n) is 2.48. The van der Waals surface area contributed by atoms with E-state index in [1.165, 1.54) is 5.57 Å². The van der Waals surface area contributed by atoms with Crippen molar-refractivity contribution in [1.82, 2.24) is 10.3 Å². The highest BCUT2D eigenvalue weighted by molar-refractivity contribution is 5.66. The van der Waals surface area contributed by atoms with Gasteiger partial charge >= 0.3 is 0 Å². The summed E-state index contributed by atoms with van der Waals surface area (Å²) in [5.41, 5.74) is 9.72. The number of hydrogen-bond donors (Lipinski definition) is 2. The van der Waals surface area contributed by atoms with Crippen LogP contribution in [-0.4, -0.2) is 18.1 Å². The maximum Gasteiger partial charge on any atom is 0.0676 e. The lowest BCUT2D eigenvalue weighted by Gasteiger charge is -2.14. The minimum absolute atomic E-state index is 0.762. The number of pyridine rings is 1. The van der Waals surface area contributed by atoms with Gasteiger partial charge in [0.05, 0.1) is 17.1 Å². The Labute approximate surface area is 84.0 Å². The zero-order valence-electron chi connectivity index (χ0n) is 8.38. The molecule has 0 spiro atoms. The van der Waals surface area contributed by atoms with Gasteiger partial charge in [-0.25, -0.2) is 0 Å². The maximum absolute atomic E-state index is 5.72. The Morgan fingerprint density at radius 1 is 1.43 bits per heavy atom. The Bertz CT molecular complexity index is 369. The Hall–Kier alpha value is -1.35. The highest BCUT2D eigenvalue weighted by atomic mass is 14.9. The van der Waals surface area contributed by atoms with E-state index in [2.05, 4.69) is 16.4 Å². The first-order valence-electron chi connectivity index (χ1n) is 4.90. The molecule has 0 amide bonds. The Morgan fingerprint density at radius 2 is 2.29 bits per heavy atom. The van der Waals surface area contributed by atoms with Crippen LogP contribution < -0.4 is 11.1 Å². The van der Waals surface area contributed by atoms with Gasteiger partial charge in [-0.15, -0.1) is 0 Å². The van der Waals surface area contributed by atoms with Gasteiger partial charge in [-0.3, -0.25) is 4.98 Å². The second kappa shape index (κ2) is 3.80. The summed E-state index contributed by atoms with van der Waals surface area (Å²) in [6.07, 6.45) is 3.33. The van der Waals surface area contributed by atoms with E-state index in [1.807, 2.05) is 19.1 Å². The Kier molecular flexibility index (Phi) is 2.50. The van der Waals surface area contributed by atoms with Gasteiger partial charge in [0, 0.05) is 6.54 Å². The van der Waals surface area contributed by atoms with Crippen molar-refractivity contribution in [3.05, 3.63) is 29.6 Å². The van der Waals surface area contributed by atoms with Crippen LogP contribution in [0.4, 0.5) is 5.69 Å². The van der Waals surface area contributed by atoms with Crippen molar-refractivity contribution in [3.63, 3.8) is 0 Å². The van der Waals surface area contributed by atoms with E-state index >= 15 is 0 Å². The molecule has 3 heteroatoms. The molecule has 1 aliphatic heterocycles. The maximum atomic E-state index is 5.72. The van der Waals surface area contributed by atoms with Crippen molar-refractivity contribution in [2.24, 2.45) is 0 Å². The molecule has 1 aromatic rings. The van der Waals surface area contributed by atoms with Gasteiger partial charge in [0.25, 0.3) is 0 Å². The molecule has 0 saturated heterocycles. The van der Waals surface area contributed by atoms with Gasteiger partial charge in [-0.2, -0.15) is 0 Å². The van der Waals surface area contributed by atoms with Crippen LogP contribution in [-0.2, 0) is 0 Å². The standard InChI is InChI=1S/C11H15N3/c1-8-10(12)4-5-11(14-8)9-3-2-6-13-7-9/h3-5,13H,2,6-7,12H2,1H3. The number of anilines is 1. The predicted octanol–water partition coefficient (Wildman–Crippen LogP) is 1.35. The molecule has 1 aromatic heterocycles. The molecule has 74 valence electrons. The summed E-state index contributed by atoms with van der Waals surface area (Å²) >= 11 is 0. The van der Waals surface area contributed by atoms with Gasteiger partial charge in [0.15, 0.2) is 0 Å². The van der Waals surface area contributed by atoms with Crippen LogP contribution in [0.5, 0.6) is 0 Å². The average molecular weight is 189 g/mol. The molecule has 0 aliphatic carbocycles. The van der Waals surface area contributed by atoms with Crippen LogP contribution in [0.15, 0.2) is 18.2 Å². The molecule has 2 heterocycles. The molecule has 3 nitrogen and oxygen atoms in total. The molecule has 3 N–H and O–H groups in total. The smallest absolute Gasteiger partial charge is 0.0676 e. The number of rotatable bonds is 1. The topological polar surface area (TPSA) is 50.9 Å². The fourth-order valence-electron chi connectivity index (χ4n) is 1.59. The zero-order chi connectivity index (χ0) is 9.97. The summed E-state index contributed by atoms with van der Waals surface area (Å²) in [4.78, 5) is 4.46. The number of aryl methyl sites for hydroxylation is 1. The van der Waals surface area contributed by atoms with Gasteiger partial charge in [0.2, 0.25) is 0 Å². The molecular formula is C11H15N3. The summed E-state index contributed by atoms with van der Waals surface area (Å²) < 4.78 is 0. The van der Waals surface area contributed by atoms with Gasteiger partial charge < -0.3 is 11.1 Å². The molecular weight excluding hydrogens is 174 g/mol. The normalized spacial score (nSPS) is 16.5. The van der Waals surface area contributed by atoms with Crippen LogP contribution >= 0.6 is 0 Å². The van der Waals surface area contributed by atoms with Crippen molar-refractivity contribution in [3.8, 4) is 0 Å². The molecule has 0 bridgehead atoms. The van der Waals surface area contributed by atoms with Crippen LogP contribution in [0.2, 0.25) is 0 Å². The third-order valence-corrected chi connectivity index (χ3v) is 2.48. The van der Waals surface area contributed by atoms with E-state index in [0.717, 1.165) is 36.6 Å². The first kappa shape index (κ1) is 9.21. The number of aromatic nitrogens is 1. The fourth-order valence-corrected chi connectivity index (χ4v) is 1.59. The average Bonchev–Trinajstić information content (AvgIpc) is 2.23. The summed E-state index contributed by atoms with van der Waals surface area (Å²) in [7, 11) is 0. The van der Waals surface area contributed by atoms with Gasteiger partial charge in [-0.05, 0) is 37.6 Å². The second-order valence-electron chi connectivity index (χ2n) is 3.57. The lowest BCUT2D eigenvalue weighted by molar-refractivity contribution is 0.737. The largest absolute Gasteiger partial charge is 0.397 e. The molecule has 14 heavy (non-hydrogen) atoms. The Morgan fingerprint density at radius 3 is 2.93 bits per heavy atom. The molecule has 2 rings (SSSR count). The minimum Gasteiger partial charge on any atom is -0.397 e. The van der Waals surface area contributed by atoms with E-state index in [9.17, 15) is 0 Å². The number of nitrogens with two attached hydrogens (primary N) is 1. The van der Waals surface area contributed by atoms with Crippen molar-refractivity contribution in [2.45, 2.75) is 13.3 Å². The molecule has 0 saturated carbocycles. The van der Waals surface area contributed by atoms with E-state index in [0.29, 0.717) is 0 Å². The zero-order valence-corrected chi connectivity index (χ0v) is 8.38. The van der Waals surface area contributed by atoms with Gasteiger partial charge in [-0.1, -0.05) is 6.08 Å². The quantitative estimate of drug-likeness (QED) is 0.701. The predicted molar refractivity (Wildman–Crippen MR) is 58.9 cm³/mol. The minimum atomic E-state index is 0.762. The van der Waals surface area contributed by atoms with E-state index in [4.69, 9.17) is 5.73 Å². The van der Waals surface area contributed by atoms with E-state index in [-0.39, 0.29) is 0 Å². The number of nitrogens with one attached hydrogen (secondary N) is 1. The number of hydrogen-bond acceptors (Lipinski definition) is 3. The van der Waals surface area contributed by atoms with Crippen molar-refractivity contribution in [1.29, 1.82) is 0 Å². The lowest BCUT2D eigenvalue weighted by atomic mass is 10.1. The monoisotopic (exact) mass is 189 g/mol. The molecule has 0 radical (unpaired) electrons. The Balaban J connectivity index is 2.32. The molecule has 1 aliphatic rings. The number of nitrogens with zero attached hydrogens (tertiary/aromatic N) is 1. The highest BCUT2D eigenvalue weighted by Crippen LogP contribution is 2.17. The number of nitrogen functional groups attached to an aromatic ring is 1. The van der Waals surface area contributed by atoms with Crippen molar-refractivity contribution < 1.29 is 0 Å². The van der Waals surface area contributed by atoms with Crippen LogP contribution in [0.3, 0.4) is 0 Å². The lowest BCUT2D eigenvalue weighted by Crippen LogP contribution is -2.21. The highest BCUT2D eigenvalue weighted by Gasteiger charge is 2.07. The van der Waals surface area contributed by atoms with E-state index in [1.54, 1.807) is 0 Å². The second-order valence-corrected chi connectivity index (χ2v) is 3.57. The SMILES string of the molecule is Cc1nc(C2=CCCNC2)ccc1N.